The predicted molar refractivity (Wildman–Crippen MR) is 50.3 cm³/mol. The molecule has 3 fully saturated rings. The largest absolute Gasteiger partial charge is 0.296 e. The predicted octanol–water partition coefficient (Wildman–Crippen LogP) is 1.23. The minimum Gasteiger partial charge on any atom is -0.296 e. The third-order valence-electron chi connectivity index (χ3n) is 4.31. The molecule has 0 bridgehead atoms. The molecule has 0 radical (unpaired) electrons. The fourth-order valence-corrected chi connectivity index (χ4v) is 3.60. The van der Waals surface area contributed by atoms with Crippen LogP contribution in [0.1, 0.15) is 38.5 Å². The van der Waals surface area contributed by atoms with Gasteiger partial charge in [0.15, 0.2) is 0 Å². The average molecular weight is 193 g/mol. The molecule has 0 aromatic heterocycles. The normalized spacial score (nSPS) is 39.1. The maximum Gasteiger partial charge on any atom is 0.231 e. The number of hydrogen-bond acceptors (Lipinski definition) is 2. The van der Waals surface area contributed by atoms with E-state index < -0.39 is 0 Å². The SMILES string of the molecule is O=C1NC(=O)C2C1C21CCCCCC1. The van der Waals surface area contributed by atoms with Crippen LogP contribution in [0.3, 0.4) is 0 Å². The zero-order chi connectivity index (χ0) is 9.76. The van der Waals surface area contributed by atoms with E-state index in [-0.39, 0.29) is 29.1 Å². The maximum atomic E-state index is 11.5. The highest BCUT2D eigenvalue weighted by molar-refractivity contribution is 6.10. The number of carbonyl (C=O) groups excluding carboxylic acids is 2. The van der Waals surface area contributed by atoms with Crippen LogP contribution >= 0.6 is 0 Å². The summed E-state index contributed by atoms with van der Waals surface area (Å²) in [5.74, 6) is 0.102. The number of piperidine rings is 1. The minimum atomic E-state index is 0.00176. The van der Waals surface area contributed by atoms with E-state index in [9.17, 15) is 9.59 Å². The molecule has 14 heavy (non-hydrogen) atoms. The van der Waals surface area contributed by atoms with Crippen molar-refractivity contribution in [2.75, 3.05) is 0 Å². The lowest BCUT2D eigenvalue weighted by Gasteiger charge is -2.16. The smallest absolute Gasteiger partial charge is 0.231 e. The highest BCUT2D eigenvalue weighted by Crippen LogP contribution is 2.67. The first-order valence-corrected chi connectivity index (χ1v) is 5.60. The van der Waals surface area contributed by atoms with Crippen LogP contribution in [-0.2, 0) is 9.59 Å². The Bertz CT molecular complexity index is 280. The Kier molecular flexibility index (Phi) is 1.56. The van der Waals surface area contributed by atoms with Crippen molar-refractivity contribution < 1.29 is 9.59 Å². The standard InChI is InChI=1S/C11H15NO2/c13-9-7-8(10(14)12-9)11(7)5-3-1-2-4-6-11/h7-8H,1-6H2,(H,12,13,14). The Morgan fingerprint density at radius 1 is 0.929 bits per heavy atom. The number of rotatable bonds is 0. The van der Waals surface area contributed by atoms with Crippen LogP contribution < -0.4 is 5.32 Å². The summed E-state index contributed by atoms with van der Waals surface area (Å²) in [6.07, 6.45) is 7.15. The molecule has 1 saturated heterocycles. The van der Waals surface area contributed by atoms with Gasteiger partial charge in [-0.25, -0.2) is 0 Å². The lowest BCUT2D eigenvalue weighted by Crippen LogP contribution is -2.31. The molecule has 0 aromatic rings. The van der Waals surface area contributed by atoms with Crippen molar-refractivity contribution in [3.63, 3.8) is 0 Å². The molecule has 3 heteroatoms. The molecule has 1 spiro atoms. The van der Waals surface area contributed by atoms with Gasteiger partial charge in [0, 0.05) is 0 Å². The fraction of sp³-hybridized carbons (Fsp3) is 0.818. The van der Waals surface area contributed by atoms with Gasteiger partial charge in [0.25, 0.3) is 0 Å². The summed E-state index contributed by atoms with van der Waals surface area (Å²) < 4.78 is 0. The monoisotopic (exact) mass is 193 g/mol. The van der Waals surface area contributed by atoms with E-state index in [2.05, 4.69) is 5.32 Å². The van der Waals surface area contributed by atoms with E-state index in [1.165, 1.54) is 25.7 Å². The van der Waals surface area contributed by atoms with Gasteiger partial charge in [0.2, 0.25) is 11.8 Å². The van der Waals surface area contributed by atoms with E-state index in [1.807, 2.05) is 0 Å². The molecule has 1 heterocycles. The molecule has 2 aliphatic carbocycles. The topological polar surface area (TPSA) is 46.2 Å². The molecule has 2 unspecified atom stereocenters. The van der Waals surface area contributed by atoms with E-state index in [0.717, 1.165) is 12.8 Å². The Hall–Kier alpha value is -0.860. The Balaban J connectivity index is 1.86. The number of amides is 2. The van der Waals surface area contributed by atoms with Gasteiger partial charge in [-0.2, -0.15) is 0 Å². The lowest BCUT2D eigenvalue weighted by atomic mass is 9.91. The van der Waals surface area contributed by atoms with Crippen molar-refractivity contribution in [2.24, 2.45) is 17.3 Å². The Labute approximate surface area is 83.2 Å². The Morgan fingerprint density at radius 3 is 1.93 bits per heavy atom. The zero-order valence-corrected chi connectivity index (χ0v) is 8.21. The number of fused-ring (bicyclic) bond motifs is 3. The molecular formula is C11H15NO2. The molecule has 2 amide bonds. The molecule has 1 N–H and O–H groups in total. The molecular weight excluding hydrogens is 178 g/mol. The van der Waals surface area contributed by atoms with E-state index in [4.69, 9.17) is 0 Å². The first kappa shape index (κ1) is 8.45. The first-order chi connectivity index (χ1) is 6.76. The summed E-state index contributed by atoms with van der Waals surface area (Å²) in [7, 11) is 0. The summed E-state index contributed by atoms with van der Waals surface area (Å²) in [4.78, 5) is 23.0. The van der Waals surface area contributed by atoms with Crippen LogP contribution in [0.4, 0.5) is 0 Å². The van der Waals surface area contributed by atoms with Gasteiger partial charge in [0.05, 0.1) is 11.8 Å². The van der Waals surface area contributed by atoms with Gasteiger partial charge < -0.3 is 0 Å². The molecule has 0 aromatic carbocycles. The van der Waals surface area contributed by atoms with Crippen molar-refractivity contribution in [3.8, 4) is 0 Å². The van der Waals surface area contributed by atoms with Crippen LogP contribution in [0.5, 0.6) is 0 Å². The summed E-state index contributed by atoms with van der Waals surface area (Å²) in [5, 5.41) is 2.43. The van der Waals surface area contributed by atoms with Crippen LogP contribution in [0, 0.1) is 17.3 Å². The van der Waals surface area contributed by atoms with Crippen molar-refractivity contribution >= 4 is 11.8 Å². The quantitative estimate of drug-likeness (QED) is 0.588. The minimum absolute atomic E-state index is 0.00176. The number of hydrogen-bond donors (Lipinski definition) is 1. The zero-order valence-electron chi connectivity index (χ0n) is 8.21. The van der Waals surface area contributed by atoms with Crippen molar-refractivity contribution in [2.45, 2.75) is 38.5 Å². The third-order valence-corrected chi connectivity index (χ3v) is 4.31. The summed E-state index contributed by atoms with van der Waals surface area (Å²) in [6.45, 7) is 0. The van der Waals surface area contributed by atoms with E-state index >= 15 is 0 Å². The average Bonchev–Trinajstić information content (AvgIpc) is 2.78. The second kappa shape index (κ2) is 2.59. The summed E-state index contributed by atoms with van der Waals surface area (Å²) >= 11 is 0. The van der Waals surface area contributed by atoms with Gasteiger partial charge in [-0.1, -0.05) is 25.7 Å². The number of imide groups is 1. The van der Waals surface area contributed by atoms with E-state index in [0.29, 0.717) is 0 Å². The molecule has 3 rings (SSSR count). The summed E-state index contributed by atoms with van der Waals surface area (Å²) in [5.41, 5.74) is 0.107. The van der Waals surface area contributed by atoms with Crippen LogP contribution in [-0.4, -0.2) is 11.8 Å². The number of nitrogens with one attached hydrogen (secondary N) is 1. The second-order valence-corrected chi connectivity index (χ2v) is 4.96. The highest BCUT2D eigenvalue weighted by atomic mass is 16.2. The molecule has 2 atom stereocenters. The van der Waals surface area contributed by atoms with Gasteiger partial charge >= 0.3 is 0 Å². The molecule has 2 saturated carbocycles. The van der Waals surface area contributed by atoms with Gasteiger partial charge in [-0.3, -0.25) is 14.9 Å². The van der Waals surface area contributed by atoms with Gasteiger partial charge in [-0.05, 0) is 18.3 Å². The molecule has 3 nitrogen and oxygen atoms in total. The molecule has 76 valence electrons. The lowest BCUT2D eigenvalue weighted by molar-refractivity contribution is -0.129. The molecule has 1 aliphatic heterocycles. The molecule has 3 aliphatic rings. The summed E-state index contributed by atoms with van der Waals surface area (Å²) in [6, 6.07) is 0. The van der Waals surface area contributed by atoms with Crippen molar-refractivity contribution in [3.05, 3.63) is 0 Å². The van der Waals surface area contributed by atoms with Crippen LogP contribution in [0.2, 0.25) is 0 Å². The number of carbonyl (C=O) groups is 2. The highest BCUT2D eigenvalue weighted by Gasteiger charge is 2.73. The Morgan fingerprint density at radius 2 is 1.43 bits per heavy atom. The van der Waals surface area contributed by atoms with Crippen molar-refractivity contribution in [1.29, 1.82) is 0 Å². The van der Waals surface area contributed by atoms with E-state index in [1.54, 1.807) is 0 Å². The maximum absolute atomic E-state index is 11.5. The van der Waals surface area contributed by atoms with Gasteiger partial charge in [0.1, 0.15) is 0 Å². The second-order valence-electron chi connectivity index (χ2n) is 4.96. The van der Waals surface area contributed by atoms with Crippen LogP contribution in [0.15, 0.2) is 0 Å². The third kappa shape index (κ3) is 0.877. The first-order valence-electron chi connectivity index (χ1n) is 5.60. The fourth-order valence-electron chi connectivity index (χ4n) is 3.60. The van der Waals surface area contributed by atoms with Gasteiger partial charge in [-0.15, -0.1) is 0 Å². The van der Waals surface area contributed by atoms with Crippen molar-refractivity contribution in [1.82, 2.24) is 5.32 Å². The van der Waals surface area contributed by atoms with Crippen LogP contribution in [0.25, 0.3) is 0 Å².